The Kier molecular flexibility index (Phi) is 4.85. The molecule has 0 aliphatic carbocycles. The molecule has 4 heterocycles. The summed E-state index contributed by atoms with van der Waals surface area (Å²) in [5.41, 5.74) is 5.75. The van der Waals surface area contributed by atoms with Crippen molar-refractivity contribution in [2.75, 3.05) is 38.1 Å². The average Bonchev–Trinajstić information content (AvgIpc) is 3.52. The van der Waals surface area contributed by atoms with Crippen LogP contribution in [0.2, 0.25) is 0 Å². The van der Waals surface area contributed by atoms with E-state index in [-0.39, 0.29) is 0 Å². The minimum absolute atomic E-state index is 0.730. The number of hydrogen-bond acceptors (Lipinski definition) is 6. The molecule has 178 valence electrons. The van der Waals surface area contributed by atoms with Gasteiger partial charge in [-0.2, -0.15) is 5.10 Å². The van der Waals surface area contributed by atoms with E-state index in [2.05, 4.69) is 55.2 Å². The minimum Gasteiger partial charge on any atom is -0.457 e. The van der Waals surface area contributed by atoms with E-state index in [0.29, 0.717) is 0 Å². The Labute approximate surface area is 207 Å². The fourth-order valence-electron chi connectivity index (χ4n) is 4.85. The van der Waals surface area contributed by atoms with E-state index in [1.54, 1.807) is 6.20 Å². The van der Waals surface area contributed by atoms with Gasteiger partial charge in [-0.15, -0.1) is 0 Å². The second kappa shape index (κ2) is 8.35. The number of pyridine rings is 1. The maximum Gasteiger partial charge on any atom is 0.159 e. The standard InChI is InChI=1S/C28H25N7O/c1-34-11-13-35(14-12-34)19-5-8-24-26(15-19)31-28(30-24)27-22-16-20(7-9-23(22)32-33-27)36-21-6-4-18-3-2-10-29-25(18)17-21/h2-10,15-17H,11-14H2,1H3,(H,30,31)(H,32,33). The van der Waals surface area contributed by atoms with E-state index in [4.69, 9.17) is 9.72 Å². The minimum atomic E-state index is 0.730. The van der Waals surface area contributed by atoms with Crippen LogP contribution >= 0.6 is 0 Å². The summed E-state index contributed by atoms with van der Waals surface area (Å²) in [6.45, 7) is 4.21. The van der Waals surface area contributed by atoms with Crippen molar-refractivity contribution in [2.24, 2.45) is 0 Å². The predicted octanol–water partition coefficient (Wildman–Crippen LogP) is 5.20. The maximum atomic E-state index is 6.18. The topological polar surface area (TPSA) is 86.0 Å². The van der Waals surface area contributed by atoms with Crippen LogP contribution in [0.5, 0.6) is 11.5 Å². The number of benzene rings is 3. The summed E-state index contributed by atoms with van der Waals surface area (Å²) in [5, 5.41) is 9.73. The fraction of sp³-hybridized carbons (Fsp3) is 0.179. The van der Waals surface area contributed by atoms with Crippen molar-refractivity contribution in [1.29, 1.82) is 0 Å². The third-order valence-corrected chi connectivity index (χ3v) is 6.91. The number of fused-ring (bicyclic) bond motifs is 3. The van der Waals surface area contributed by atoms with Gasteiger partial charge in [-0.05, 0) is 61.6 Å². The maximum absolute atomic E-state index is 6.18. The Morgan fingerprint density at radius 1 is 0.833 bits per heavy atom. The quantitative estimate of drug-likeness (QED) is 0.365. The lowest BCUT2D eigenvalue weighted by molar-refractivity contribution is 0.313. The van der Waals surface area contributed by atoms with Gasteiger partial charge in [0.1, 0.15) is 17.2 Å². The van der Waals surface area contributed by atoms with E-state index in [0.717, 1.165) is 82.0 Å². The molecular weight excluding hydrogens is 450 g/mol. The number of likely N-dealkylation sites (N-methyl/N-ethyl adjacent to an activating group) is 1. The highest BCUT2D eigenvalue weighted by Crippen LogP contribution is 2.32. The van der Waals surface area contributed by atoms with Crippen molar-refractivity contribution < 1.29 is 4.74 Å². The molecule has 3 aromatic carbocycles. The SMILES string of the molecule is CN1CCN(c2ccc3nc(-c4n[nH]c5ccc(Oc6ccc7cccnc7c6)cc45)[nH]c3c2)CC1. The van der Waals surface area contributed by atoms with Crippen LogP contribution in [0.3, 0.4) is 0 Å². The van der Waals surface area contributed by atoms with E-state index in [1.807, 2.05) is 48.5 Å². The van der Waals surface area contributed by atoms with Gasteiger partial charge < -0.3 is 19.5 Å². The first-order valence-corrected chi connectivity index (χ1v) is 12.1. The number of H-pyrrole nitrogens is 2. The fourth-order valence-corrected chi connectivity index (χ4v) is 4.85. The zero-order valence-electron chi connectivity index (χ0n) is 19.9. The molecule has 1 aliphatic heterocycles. The molecule has 1 saturated heterocycles. The Bertz CT molecular complexity index is 1710. The number of anilines is 1. The number of nitrogens with zero attached hydrogens (tertiary/aromatic N) is 5. The summed E-state index contributed by atoms with van der Waals surface area (Å²) in [5.74, 6) is 2.21. The van der Waals surface area contributed by atoms with Gasteiger partial charge in [0, 0.05) is 54.9 Å². The van der Waals surface area contributed by atoms with Crippen LogP contribution in [-0.2, 0) is 0 Å². The van der Waals surface area contributed by atoms with Crippen molar-refractivity contribution >= 4 is 38.5 Å². The molecule has 3 aromatic heterocycles. The van der Waals surface area contributed by atoms with Crippen molar-refractivity contribution in [3.05, 3.63) is 72.9 Å². The van der Waals surface area contributed by atoms with E-state index < -0.39 is 0 Å². The van der Waals surface area contributed by atoms with Crippen LogP contribution < -0.4 is 9.64 Å². The normalized spacial score (nSPS) is 14.8. The summed E-state index contributed by atoms with van der Waals surface area (Å²) in [6.07, 6.45) is 1.79. The molecule has 8 heteroatoms. The second-order valence-electron chi connectivity index (χ2n) is 9.32. The lowest BCUT2D eigenvalue weighted by Gasteiger charge is -2.34. The molecule has 2 N–H and O–H groups in total. The molecule has 8 nitrogen and oxygen atoms in total. The molecule has 7 rings (SSSR count). The number of imidazole rings is 1. The van der Waals surface area contributed by atoms with Crippen LogP contribution in [-0.4, -0.2) is 63.3 Å². The van der Waals surface area contributed by atoms with Gasteiger partial charge in [0.25, 0.3) is 0 Å². The average molecular weight is 476 g/mol. The monoisotopic (exact) mass is 475 g/mol. The molecule has 0 radical (unpaired) electrons. The number of piperazine rings is 1. The summed E-state index contributed by atoms with van der Waals surface area (Å²) in [4.78, 5) is 17.5. The van der Waals surface area contributed by atoms with Gasteiger partial charge in [0.15, 0.2) is 5.82 Å². The molecule has 0 saturated carbocycles. The number of nitrogens with one attached hydrogen (secondary N) is 2. The smallest absolute Gasteiger partial charge is 0.159 e. The number of aromatic amines is 2. The molecular formula is C28H25N7O. The molecule has 1 fully saturated rings. The summed E-state index contributed by atoms with van der Waals surface area (Å²) in [7, 11) is 2.17. The van der Waals surface area contributed by atoms with Gasteiger partial charge in [0.05, 0.1) is 22.1 Å². The van der Waals surface area contributed by atoms with E-state index in [9.17, 15) is 0 Å². The third kappa shape index (κ3) is 3.72. The van der Waals surface area contributed by atoms with Gasteiger partial charge in [-0.25, -0.2) is 4.98 Å². The molecule has 0 amide bonds. The molecule has 0 bridgehead atoms. The van der Waals surface area contributed by atoms with Crippen LogP contribution in [0.25, 0.3) is 44.4 Å². The second-order valence-corrected chi connectivity index (χ2v) is 9.32. The largest absolute Gasteiger partial charge is 0.457 e. The van der Waals surface area contributed by atoms with Crippen LogP contribution in [0.1, 0.15) is 0 Å². The van der Waals surface area contributed by atoms with Crippen LogP contribution in [0.15, 0.2) is 72.9 Å². The first-order chi connectivity index (χ1) is 17.7. The molecule has 0 atom stereocenters. The molecule has 6 aromatic rings. The third-order valence-electron chi connectivity index (χ3n) is 6.91. The Hall–Kier alpha value is -4.43. The van der Waals surface area contributed by atoms with Gasteiger partial charge >= 0.3 is 0 Å². The van der Waals surface area contributed by atoms with Crippen LogP contribution in [0, 0.1) is 0 Å². The van der Waals surface area contributed by atoms with Gasteiger partial charge in [-0.1, -0.05) is 6.07 Å². The van der Waals surface area contributed by atoms with Crippen molar-refractivity contribution in [3.63, 3.8) is 0 Å². The molecule has 0 unspecified atom stereocenters. The Morgan fingerprint density at radius 2 is 1.69 bits per heavy atom. The number of aromatic nitrogens is 5. The zero-order chi connectivity index (χ0) is 24.1. The summed E-state index contributed by atoms with van der Waals surface area (Å²) < 4.78 is 6.18. The van der Waals surface area contributed by atoms with Crippen molar-refractivity contribution in [2.45, 2.75) is 0 Å². The Balaban J connectivity index is 1.21. The van der Waals surface area contributed by atoms with Gasteiger partial charge in [-0.3, -0.25) is 10.1 Å². The molecule has 0 spiro atoms. The Morgan fingerprint density at radius 3 is 2.61 bits per heavy atom. The first kappa shape index (κ1) is 20.9. The number of hydrogen-bond donors (Lipinski definition) is 2. The molecule has 1 aliphatic rings. The summed E-state index contributed by atoms with van der Waals surface area (Å²) in [6, 6.07) is 22.3. The zero-order valence-corrected chi connectivity index (χ0v) is 19.9. The lowest BCUT2D eigenvalue weighted by atomic mass is 10.2. The van der Waals surface area contributed by atoms with E-state index >= 15 is 0 Å². The van der Waals surface area contributed by atoms with Crippen molar-refractivity contribution in [1.82, 2.24) is 30.0 Å². The van der Waals surface area contributed by atoms with E-state index in [1.165, 1.54) is 5.69 Å². The number of rotatable bonds is 4. The summed E-state index contributed by atoms with van der Waals surface area (Å²) >= 11 is 0. The predicted molar refractivity (Wildman–Crippen MR) is 143 cm³/mol. The number of ether oxygens (including phenoxy) is 1. The highest BCUT2D eigenvalue weighted by Gasteiger charge is 2.17. The van der Waals surface area contributed by atoms with Crippen LogP contribution in [0.4, 0.5) is 5.69 Å². The first-order valence-electron chi connectivity index (χ1n) is 12.1. The highest BCUT2D eigenvalue weighted by molar-refractivity contribution is 5.94. The van der Waals surface area contributed by atoms with Crippen molar-refractivity contribution in [3.8, 4) is 23.0 Å². The van der Waals surface area contributed by atoms with Gasteiger partial charge in [0.2, 0.25) is 0 Å². The lowest BCUT2D eigenvalue weighted by Crippen LogP contribution is -2.44. The molecule has 36 heavy (non-hydrogen) atoms. The highest BCUT2D eigenvalue weighted by atomic mass is 16.5.